The van der Waals surface area contributed by atoms with Gasteiger partial charge in [-0.25, -0.2) is 13.4 Å². The summed E-state index contributed by atoms with van der Waals surface area (Å²) in [6, 6.07) is 2.29. The molecule has 0 saturated heterocycles. The van der Waals surface area contributed by atoms with Crippen LogP contribution in [0.1, 0.15) is 40.3 Å². The third-order valence-electron chi connectivity index (χ3n) is 3.49. The van der Waals surface area contributed by atoms with Gasteiger partial charge in [0.2, 0.25) is 5.91 Å². The van der Waals surface area contributed by atoms with Gasteiger partial charge in [-0.3, -0.25) is 4.79 Å². The van der Waals surface area contributed by atoms with Crippen molar-refractivity contribution in [3.63, 3.8) is 0 Å². The molecule has 9 heteroatoms. The van der Waals surface area contributed by atoms with Gasteiger partial charge in [-0.1, -0.05) is 40.7 Å². The molecule has 0 radical (unpaired) electrons. The van der Waals surface area contributed by atoms with E-state index in [1.165, 1.54) is 17.4 Å². The Morgan fingerprint density at radius 1 is 1.24 bits per heavy atom. The predicted octanol–water partition coefficient (Wildman–Crippen LogP) is 3.44. The highest BCUT2D eigenvalue weighted by Gasteiger charge is 2.29. The molecule has 1 atom stereocenters. The minimum atomic E-state index is -3.73. The van der Waals surface area contributed by atoms with Gasteiger partial charge in [0.05, 0.1) is 5.69 Å². The smallest absolute Gasteiger partial charge is 0.250 e. The molecule has 0 aliphatic rings. The highest BCUT2D eigenvalue weighted by molar-refractivity contribution is 7.91. The SMILES string of the molecule is CC(C)[C@@H](NS(=O)(=O)c1cccs1)C(=O)Nc1nc(C(C)(C)C)cs1. The van der Waals surface area contributed by atoms with Crippen molar-refractivity contribution in [3.05, 3.63) is 28.6 Å². The monoisotopic (exact) mass is 401 g/mol. The maximum atomic E-state index is 12.6. The molecule has 0 spiro atoms. The average molecular weight is 402 g/mol. The molecule has 6 nitrogen and oxygen atoms in total. The zero-order chi connectivity index (χ0) is 18.8. The zero-order valence-corrected chi connectivity index (χ0v) is 17.3. The Bertz CT molecular complexity index is 818. The van der Waals surface area contributed by atoms with E-state index >= 15 is 0 Å². The van der Waals surface area contributed by atoms with Crippen LogP contribution in [0.5, 0.6) is 0 Å². The Morgan fingerprint density at radius 3 is 2.40 bits per heavy atom. The van der Waals surface area contributed by atoms with Gasteiger partial charge < -0.3 is 5.32 Å². The maximum Gasteiger partial charge on any atom is 0.250 e. The van der Waals surface area contributed by atoms with E-state index in [0.717, 1.165) is 17.0 Å². The number of thiophene rings is 1. The normalized spacial score (nSPS) is 13.8. The van der Waals surface area contributed by atoms with Crippen LogP contribution in [0.3, 0.4) is 0 Å². The highest BCUT2D eigenvalue weighted by Crippen LogP contribution is 2.26. The zero-order valence-electron chi connectivity index (χ0n) is 14.9. The number of thiazole rings is 1. The minimum absolute atomic E-state index is 0.113. The van der Waals surface area contributed by atoms with Crippen LogP contribution in [0.4, 0.5) is 5.13 Å². The van der Waals surface area contributed by atoms with Crippen LogP contribution in [-0.2, 0) is 20.2 Å². The van der Waals surface area contributed by atoms with Gasteiger partial charge in [0.15, 0.2) is 5.13 Å². The van der Waals surface area contributed by atoms with Crippen molar-refractivity contribution in [2.24, 2.45) is 5.92 Å². The van der Waals surface area contributed by atoms with E-state index in [1.54, 1.807) is 25.3 Å². The second-order valence-electron chi connectivity index (χ2n) is 7.05. The number of rotatable bonds is 6. The largest absolute Gasteiger partial charge is 0.301 e. The second-order valence-corrected chi connectivity index (χ2v) is 10.8. The molecule has 138 valence electrons. The lowest BCUT2D eigenvalue weighted by Crippen LogP contribution is -2.46. The lowest BCUT2D eigenvalue weighted by atomic mass is 9.93. The average Bonchev–Trinajstić information content (AvgIpc) is 3.15. The van der Waals surface area contributed by atoms with Gasteiger partial charge in [-0.05, 0) is 17.4 Å². The fourth-order valence-corrected chi connectivity index (χ4v) is 5.29. The highest BCUT2D eigenvalue weighted by atomic mass is 32.2. The van der Waals surface area contributed by atoms with E-state index in [4.69, 9.17) is 0 Å². The molecule has 2 heterocycles. The molecular formula is C16H23N3O3S3. The first-order valence-corrected chi connectivity index (χ1v) is 11.1. The summed E-state index contributed by atoms with van der Waals surface area (Å²) in [5, 5.41) is 6.78. The number of nitrogens with zero attached hydrogens (tertiary/aromatic N) is 1. The molecular weight excluding hydrogens is 378 g/mol. The predicted molar refractivity (Wildman–Crippen MR) is 103 cm³/mol. The Balaban J connectivity index is 2.15. The first-order valence-electron chi connectivity index (χ1n) is 7.83. The van der Waals surface area contributed by atoms with Gasteiger partial charge in [0, 0.05) is 10.8 Å². The van der Waals surface area contributed by atoms with Gasteiger partial charge in [0.25, 0.3) is 10.0 Å². The fraction of sp³-hybridized carbons (Fsp3) is 0.500. The summed E-state index contributed by atoms with van der Waals surface area (Å²) in [5.41, 5.74) is 0.769. The quantitative estimate of drug-likeness (QED) is 0.776. The number of carbonyl (C=O) groups is 1. The molecule has 2 N–H and O–H groups in total. The van der Waals surface area contributed by atoms with Crippen LogP contribution in [0.25, 0.3) is 0 Å². The molecule has 0 unspecified atom stereocenters. The summed E-state index contributed by atoms with van der Waals surface area (Å²) in [5.74, 6) is -0.623. The summed E-state index contributed by atoms with van der Waals surface area (Å²) in [7, 11) is -3.73. The number of nitrogens with one attached hydrogen (secondary N) is 2. The van der Waals surface area contributed by atoms with Crippen LogP contribution in [0, 0.1) is 5.92 Å². The second kappa shape index (κ2) is 7.53. The Hall–Kier alpha value is -1.29. The molecule has 0 fully saturated rings. The number of sulfonamides is 1. The maximum absolute atomic E-state index is 12.6. The van der Waals surface area contributed by atoms with E-state index in [2.05, 4.69) is 15.0 Å². The standard InChI is InChI=1S/C16H23N3O3S3/c1-10(2)13(19-25(21,22)12-7-6-8-23-12)14(20)18-15-17-11(9-24-15)16(3,4)5/h6-10,13,19H,1-5H3,(H,17,18,20)/t13-/m1/s1. The molecule has 2 aromatic heterocycles. The van der Waals surface area contributed by atoms with E-state index in [-0.39, 0.29) is 15.5 Å². The van der Waals surface area contributed by atoms with Crippen molar-refractivity contribution >= 4 is 43.7 Å². The van der Waals surface area contributed by atoms with E-state index < -0.39 is 22.0 Å². The van der Waals surface area contributed by atoms with E-state index in [0.29, 0.717) is 5.13 Å². The van der Waals surface area contributed by atoms with Crippen molar-refractivity contribution in [3.8, 4) is 0 Å². The summed E-state index contributed by atoms with van der Waals surface area (Å²) >= 11 is 2.44. The third kappa shape index (κ3) is 5.10. The molecule has 0 bridgehead atoms. The molecule has 2 aromatic rings. The number of hydrogen-bond acceptors (Lipinski definition) is 6. The van der Waals surface area contributed by atoms with E-state index in [9.17, 15) is 13.2 Å². The molecule has 1 amide bonds. The third-order valence-corrected chi connectivity index (χ3v) is 7.09. The Kier molecular flexibility index (Phi) is 6.03. The van der Waals surface area contributed by atoms with Crippen LogP contribution >= 0.6 is 22.7 Å². The summed E-state index contributed by atoms with van der Waals surface area (Å²) in [4.78, 5) is 17.0. The first-order chi connectivity index (χ1) is 11.5. The van der Waals surface area contributed by atoms with Crippen molar-refractivity contribution in [2.45, 2.75) is 50.3 Å². The first kappa shape index (κ1) is 20.0. The molecule has 25 heavy (non-hydrogen) atoms. The molecule has 0 aromatic carbocycles. The number of anilines is 1. The van der Waals surface area contributed by atoms with Crippen molar-refractivity contribution in [1.29, 1.82) is 0 Å². The van der Waals surface area contributed by atoms with Gasteiger partial charge in [0.1, 0.15) is 10.3 Å². The van der Waals surface area contributed by atoms with Crippen molar-refractivity contribution in [2.75, 3.05) is 5.32 Å². The number of hydrogen-bond donors (Lipinski definition) is 2. The Morgan fingerprint density at radius 2 is 1.92 bits per heavy atom. The molecule has 2 rings (SSSR count). The molecule has 0 aliphatic heterocycles. The Labute approximate surface area is 156 Å². The summed E-state index contributed by atoms with van der Waals surface area (Å²) in [6.07, 6.45) is 0. The van der Waals surface area contributed by atoms with Gasteiger partial charge in [-0.2, -0.15) is 4.72 Å². The minimum Gasteiger partial charge on any atom is -0.301 e. The van der Waals surface area contributed by atoms with Crippen LogP contribution in [0.15, 0.2) is 27.1 Å². The van der Waals surface area contributed by atoms with Gasteiger partial charge in [-0.15, -0.1) is 22.7 Å². The van der Waals surface area contributed by atoms with Crippen molar-refractivity contribution in [1.82, 2.24) is 9.71 Å². The number of amides is 1. The van der Waals surface area contributed by atoms with E-state index in [1.807, 2.05) is 26.2 Å². The number of carbonyl (C=O) groups excluding carboxylic acids is 1. The lowest BCUT2D eigenvalue weighted by Gasteiger charge is -2.20. The molecule has 0 aliphatic carbocycles. The number of aromatic nitrogens is 1. The topological polar surface area (TPSA) is 88.2 Å². The van der Waals surface area contributed by atoms with Gasteiger partial charge >= 0.3 is 0 Å². The molecule has 0 saturated carbocycles. The van der Waals surface area contributed by atoms with Crippen molar-refractivity contribution < 1.29 is 13.2 Å². The fourth-order valence-electron chi connectivity index (χ4n) is 1.99. The van der Waals surface area contributed by atoms with Crippen LogP contribution in [-0.4, -0.2) is 25.4 Å². The lowest BCUT2D eigenvalue weighted by molar-refractivity contribution is -0.118. The summed E-state index contributed by atoms with van der Waals surface area (Å²) < 4.78 is 27.5. The van der Waals surface area contributed by atoms with Crippen LogP contribution in [0.2, 0.25) is 0 Å². The van der Waals surface area contributed by atoms with Crippen LogP contribution < -0.4 is 10.0 Å². The summed E-state index contributed by atoms with van der Waals surface area (Å²) in [6.45, 7) is 9.71.